The molecule has 1 aromatic heterocycles. The lowest BCUT2D eigenvalue weighted by molar-refractivity contribution is 0.628. The zero-order chi connectivity index (χ0) is 12.7. The van der Waals surface area contributed by atoms with E-state index < -0.39 is 0 Å². The first-order chi connectivity index (χ1) is 8.66. The molecule has 0 unspecified atom stereocenters. The SMILES string of the molecule is Cc1cc(F)cc2ncn(-c3ccccc3N)c12. The number of nitrogens with zero attached hydrogens (tertiary/aromatic N) is 2. The van der Waals surface area contributed by atoms with Crippen LogP contribution in [0.15, 0.2) is 42.7 Å². The predicted octanol–water partition coefficient (Wildman–Crippen LogP) is 3.06. The Kier molecular flexibility index (Phi) is 2.30. The van der Waals surface area contributed by atoms with Crippen LogP contribution in [0.25, 0.3) is 16.7 Å². The third kappa shape index (κ3) is 1.54. The average Bonchev–Trinajstić information content (AvgIpc) is 2.73. The summed E-state index contributed by atoms with van der Waals surface area (Å²) in [6.07, 6.45) is 1.67. The molecule has 0 fully saturated rings. The van der Waals surface area contributed by atoms with Crippen LogP contribution < -0.4 is 5.73 Å². The van der Waals surface area contributed by atoms with Crippen LogP contribution in [0.1, 0.15) is 5.56 Å². The molecule has 4 heteroatoms. The van der Waals surface area contributed by atoms with Crippen molar-refractivity contribution in [2.45, 2.75) is 6.92 Å². The van der Waals surface area contributed by atoms with E-state index in [2.05, 4.69) is 4.98 Å². The second-order valence-corrected chi connectivity index (χ2v) is 4.26. The Balaban J connectivity index is 2.35. The molecule has 0 radical (unpaired) electrons. The van der Waals surface area contributed by atoms with E-state index in [0.717, 1.165) is 16.8 Å². The van der Waals surface area contributed by atoms with Gasteiger partial charge in [0.1, 0.15) is 12.1 Å². The number of hydrogen-bond acceptors (Lipinski definition) is 2. The van der Waals surface area contributed by atoms with Crippen LogP contribution in [0, 0.1) is 12.7 Å². The zero-order valence-corrected chi connectivity index (χ0v) is 9.89. The minimum absolute atomic E-state index is 0.272. The number of aryl methyl sites for hydroxylation is 1. The minimum atomic E-state index is -0.272. The molecule has 0 amide bonds. The van der Waals surface area contributed by atoms with Gasteiger partial charge in [-0.15, -0.1) is 0 Å². The van der Waals surface area contributed by atoms with E-state index in [4.69, 9.17) is 5.73 Å². The number of halogens is 1. The number of nitrogen functional groups attached to an aromatic ring is 1. The van der Waals surface area contributed by atoms with Crippen molar-refractivity contribution in [1.82, 2.24) is 9.55 Å². The highest BCUT2D eigenvalue weighted by atomic mass is 19.1. The molecule has 0 aliphatic rings. The van der Waals surface area contributed by atoms with Crippen LogP contribution in [-0.4, -0.2) is 9.55 Å². The maximum Gasteiger partial charge on any atom is 0.125 e. The van der Waals surface area contributed by atoms with E-state index in [1.165, 1.54) is 12.1 Å². The summed E-state index contributed by atoms with van der Waals surface area (Å²) in [7, 11) is 0. The summed E-state index contributed by atoms with van der Waals surface area (Å²) < 4.78 is 15.2. The molecule has 3 aromatic rings. The summed E-state index contributed by atoms with van der Waals surface area (Å²) in [6, 6.07) is 10.5. The number of anilines is 1. The van der Waals surface area contributed by atoms with Gasteiger partial charge in [-0.3, -0.25) is 4.57 Å². The summed E-state index contributed by atoms with van der Waals surface area (Å²) in [6.45, 7) is 1.86. The van der Waals surface area contributed by atoms with Gasteiger partial charge in [0.05, 0.1) is 22.4 Å². The summed E-state index contributed by atoms with van der Waals surface area (Å²) in [5.41, 5.74) is 9.84. The van der Waals surface area contributed by atoms with E-state index >= 15 is 0 Å². The van der Waals surface area contributed by atoms with Gasteiger partial charge in [0.2, 0.25) is 0 Å². The van der Waals surface area contributed by atoms with Crippen molar-refractivity contribution in [3.63, 3.8) is 0 Å². The molecule has 0 bridgehead atoms. The predicted molar refractivity (Wildman–Crippen MR) is 70.2 cm³/mol. The van der Waals surface area contributed by atoms with Gasteiger partial charge in [-0.25, -0.2) is 9.37 Å². The highest BCUT2D eigenvalue weighted by Gasteiger charge is 2.10. The molecular formula is C14H12FN3. The fourth-order valence-electron chi connectivity index (χ4n) is 2.20. The topological polar surface area (TPSA) is 43.8 Å². The van der Waals surface area contributed by atoms with Crippen molar-refractivity contribution < 1.29 is 4.39 Å². The lowest BCUT2D eigenvalue weighted by Gasteiger charge is -2.09. The Morgan fingerprint density at radius 3 is 2.78 bits per heavy atom. The maximum absolute atomic E-state index is 13.3. The van der Waals surface area contributed by atoms with Crippen molar-refractivity contribution in [2.24, 2.45) is 0 Å². The van der Waals surface area contributed by atoms with Crippen molar-refractivity contribution in [3.8, 4) is 5.69 Å². The Morgan fingerprint density at radius 2 is 2.00 bits per heavy atom. The summed E-state index contributed by atoms with van der Waals surface area (Å²) in [4.78, 5) is 4.23. The summed E-state index contributed by atoms with van der Waals surface area (Å²) in [5, 5.41) is 0. The van der Waals surface area contributed by atoms with Gasteiger partial charge in [-0.05, 0) is 30.7 Å². The van der Waals surface area contributed by atoms with Crippen LogP contribution in [0.2, 0.25) is 0 Å². The van der Waals surface area contributed by atoms with Gasteiger partial charge in [-0.1, -0.05) is 12.1 Å². The van der Waals surface area contributed by atoms with Gasteiger partial charge in [-0.2, -0.15) is 0 Å². The molecule has 2 aromatic carbocycles. The standard InChI is InChI=1S/C14H12FN3/c1-9-6-10(15)7-12-14(9)18(8-17-12)13-5-3-2-4-11(13)16/h2-8H,16H2,1H3. The van der Waals surface area contributed by atoms with E-state index in [9.17, 15) is 4.39 Å². The molecule has 0 aliphatic carbocycles. The van der Waals surface area contributed by atoms with Gasteiger partial charge in [0.15, 0.2) is 0 Å². The van der Waals surface area contributed by atoms with E-state index in [1.54, 1.807) is 6.33 Å². The first kappa shape index (κ1) is 10.8. The van der Waals surface area contributed by atoms with Crippen LogP contribution in [0.3, 0.4) is 0 Å². The molecular weight excluding hydrogens is 229 g/mol. The Hall–Kier alpha value is -2.36. The number of imidazole rings is 1. The molecule has 3 nitrogen and oxygen atoms in total. The Labute approximate surface area is 104 Å². The Morgan fingerprint density at radius 1 is 1.22 bits per heavy atom. The van der Waals surface area contributed by atoms with Crippen molar-refractivity contribution in [3.05, 3.63) is 54.1 Å². The highest BCUT2D eigenvalue weighted by molar-refractivity contribution is 5.82. The number of benzene rings is 2. The average molecular weight is 241 g/mol. The second-order valence-electron chi connectivity index (χ2n) is 4.26. The molecule has 0 aliphatic heterocycles. The molecule has 18 heavy (non-hydrogen) atoms. The minimum Gasteiger partial charge on any atom is -0.397 e. The smallest absolute Gasteiger partial charge is 0.125 e. The first-order valence-corrected chi connectivity index (χ1v) is 5.65. The van der Waals surface area contributed by atoms with Gasteiger partial charge >= 0.3 is 0 Å². The van der Waals surface area contributed by atoms with E-state index in [0.29, 0.717) is 11.2 Å². The number of fused-ring (bicyclic) bond motifs is 1. The molecule has 3 rings (SSSR count). The number of para-hydroxylation sites is 2. The van der Waals surface area contributed by atoms with E-state index in [-0.39, 0.29) is 5.82 Å². The van der Waals surface area contributed by atoms with E-state index in [1.807, 2.05) is 35.8 Å². The molecule has 0 saturated carbocycles. The molecule has 90 valence electrons. The zero-order valence-electron chi connectivity index (χ0n) is 9.89. The summed E-state index contributed by atoms with van der Waals surface area (Å²) >= 11 is 0. The van der Waals surface area contributed by atoms with Gasteiger partial charge in [0, 0.05) is 6.07 Å². The second kappa shape index (κ2) is 3.84. The molecule has 0 saturated heterocycles. The molecule has 0 spiro atoms. The van der Waals surface area contributed by atoms with Crippen LogP contribution in [0.4, 0.5) is 10.1 Å². The van der Waals surface area contributed by atoms with Crippen LogP contribution >= 0.6 is 0 Å². The third-order valence-electron chi connectivity index (χ3n) is 2.99. The number of aromatic nitrogens is 2. The summed E-state index contributed by atoms with van der Waals surface area (Å²) in [5.74, 6) is -0.272. The quantitative estimate of drug-likeness (QED) is 0.665. The normalized spacial score (nSPS) is 11.0. The molecule has 1 heterocycles. The van der Waals surface area contributed by atoms with Crippen LogP contribution in [-0.2, 0) is 0 Å². The first-order valence-electron chi connectivity index (χ1n) is 5.65. The Bertz CT molecular complexity index is 731. The van der Waals surface area contributed by atoms with Gasteiger partial charge in [0.25, 0.3) is 0 Å². The molecule has 0 atom stereocenters. The van der Waals surface area contributed by atoms with Crippen molar-refractivity contribution in [2.75, 3.05) is 5.73 Å². The fourth-order valence-corrected chi connectivity index (χ4v) is 2.20. The highest BCUT2D eigenvalue weighted by Crippen LogP contribution is 2.25. The van der Waals surface area contributed by atoms with Crippen LogP contribution in [0.5, 0.6) is 0 Å². The largest absolute Gasteiger partial charge is 0.397 e. The number of nitrogens with two attached hydrogens (primary N) is 1. The maximum atomic E-state index is 13.3. The lowest BCUT2D eigenvalue weighted by atomic mass is 10.2. The monoisotopic (exact) mass is 241 g/mol. The molecule has 2 N–H and O–H groups in total. The van der Waals surface area contributed by atoms with Crippen molar-refractivity contribution >= 4 is 16.7 Å². The van der Waals surface area contributed by atoms with Crippen molar-refractivity contribution in [1.29, 1.82) is 0 Å². The lowest BCUT2D eigenvalue weighted by Crippen LogP contribution is -1.99. The number of rotatable bonds is 1. The van der Waals surface area contributed by atoms with Gasteiger partial charge < -0.3 is 5.73 Å². The third-order valence-corrected chi connectivity index (χ3v) is 2.99. The fraction of sp³-hybridized carbons (Fsp3) is 0.0714. The number of hydrogen-bond donors (Lipinski definition) is 1.